The summed E-state index contributed by atoms with van der Waals surface area (Å²) in [5.74, 6) is -0.755. The zero-order chi connectivity index (χ0) is 9.31. The van der Waals surface area contributed by atoms with Crippen LogP contribution < -0.4 is 5.32 Å². The fourth-order valence-electron chi connectivity index (χ4n) is 2.13. The van der Waals surface area contributed by atoms with E-state index in [1.165, 1.54) is 0 Å². The van der Waals surface area contributed by atoms with Crippen molar-refractivity contribution < 1.29 is 14.6 Å². The molecular formula is C9H15NO3. The number of rotatable bonds is 2. The highest BCUT2D eigenvalue weighted by atomic mass is 16.5. The molecule has 0 amide bonds. The second-order valence-corrected chi connectivity index (χ2v) is 4.02. The molecular weight excluding hydrogens is 170 g/mol. The number of carboxylic acids is 1. The molecule has 2 saturated heterocycles. The van der Waals surface area contributed by atoms with Crippen LogP contribution in [0.3, 0.4) is 0 Å². The summed E-state index contributed by atoms with van der Waals surface area (Å²) in [6.45, 7) is 1.78. The molecule has 2 N–H and O–H groups in total. The molecule has 2 aliphatic heterocycles. The monoisotopic (exact) mass is 185 g/mol. The lowest BCUT2D eigenvalue weighted by Crippen LogP contribution is -2.63. The Morgan fingerprint density at radius 2 is 2.38 bits per heavy atom. The molecule has 2 fully saturated rings. The Balaban J connectivity index is 1.88. The van der Waals surface area contributed by atoms with Crippen LogP contribution in [0.2, 0.25) is 0 Å². The average Bonchev–Trinajstić information content (AvgIpc) is 2.01. The summed E-state index contributed by atoms with van der Waals surface area (Å²) in [6, 6.07) is 0. The van der Waals surface area contributed by atoms with Crippen molar-refractivity contribution in [3.8, 4) is 0 Å². The minimum Gasteiger partial charge on any atom is -0.481 e. The Bertz CT molecular complexity index is 213. The van der Waals surface area contributed by atoms with Crippen LogP contribution in [-0.4, -0.2) is 35.9 Å². The quantitative estimate of drug-likeness (QED) is 0.652. The smallest absolute Gasteiger partial charge is 0.305 e. The largest absolute Gasteiger partial charge is 0.481 e. The molecule has 74 valence electrons. The molecule has 2 heterocycles. The van der Waals surface area contributed by atoms with E-state index in [0.29, 0.717) is 0 Å². The highest BCUT2D eigenvalue weighted by molar-refractivity contribution is 5.67. The molecule has 0 aromatic heterocycles. The van der Waals surface area contributed by atoms with Crippen LogP contribution in [0.1, 0.15) is 25.7 Å². The van der Waals surface area contributed by atoms with Gasteiger partial charge < -0.3 is 15.2 Å². The standard InChI is InChI=1S/C9H15NO3/c11-8(12)4-7-2-1-3-9(13-7)5-10-6-9/h7,10H,1-6H2,(H,11,12). The van der Waals surface area contributed by atoms with Crippen molar-refractivity contribution in [3.63, 3.8) is 0 Å². The van der Waals surface area contributed by atoms with E-state index < -0.39 is 5.97 Å². The third-order valence-electron chi connectivity index (χ3n) is 2.87. The molecule has 1 atom stereocenters. The first kappa shape index (κ1) is 8.97. The summed E-state index contributed by atoms with van der Waals surface area (Å²) in [5, 5.41) is 11.8. The van der Waals surface area contributed by atoms with Crippen molar-refractivity contribution >= 4 is 5.97 Å². The van der Waals surface area contributed by atoms with Crippen LogP contribution in [0, 0.1) is 0 Å². The van der Waals surface area contributed by atoms with Crippen LogP contribution in [0.4, 0.5) is 0 Å². The molecule has 0 saturated carbocycles. The Kier molecular flexibility index (Phi) is 2.26. The highest BCUT2D eigenvalue weighted by Crippen LogP contribution is 2.32. The third-order valence-corrected chi connectivity index (χ3v) is 2.87. The predicted molar refractivity (Wildman–Crippen MR) is 46.6 cm³/mol. The molecule has 1 unspecified atom stereocenters. The normalized spacial score (nSPS) is 31.2. The van der Waals surface area contributed by atoms with Gasteiger partial charge in [-0.3, -0.25) is 4.79 Å². The van der Waals surface area contributed by atoms with E-state index in [9.17, 15) is 4.79 Å². The summed E-state index contributed by atoms with van der Waals surface area (Å²) in [7, 11) is 0. The summed E-state index contributed by atoms with van der Waals surface area (Å²) in [6.07, 6.45) is 3.17. The molecule has 13 heavy (non-hydrogen) atoms. The minimum atomic E-state index is -0.755. The number of aliphatic carboxylic acids is 1. The van der Waals surface area contributed by atoms with Crippen LogP contribution in [0.5, 0.6) is 0 Å². The number of carbonyl (C=O) groups is 1. The predicted octanol–water partition coefficient (Wildman–Crippen LogP) is 0.372. The fraction of sp³-hybridized carbons (Fsp3) is 0.889. The first-order valence-electron chi connectivity index (χ1n) is 4.81. The minimum absolute atomic E-state index is 0.0155. The van der Waals surface area contributed by atoms with Crippen LogP contribution in [-0.2, 0) is 9.53 Å². The zero-order valence-electron chi connectivity index (χ0n) is 7.58. The molecule has 1 spiro atoms. The fourth-order valence-corrected chi connectivity index (χ4v) is 2.13. The highest BCUT2D eigenvalue weighted by Gasteiger charge is 2.42. The number of nitrogens with one attached hydrogen (secondary N) is 1. The Labute approximate surface area is 77.3 Å². The molecule has 0 aliphatic carbocycles. The number of hydrogen-bond donors (Lipinski definition) is 2. The van der Waals surface area contributed by atoms with Gasteiger partial charge in [-0.15, -0.1) is 0 Å². The summed E-state index contributed by atoms with van der Waals surface area (Å²) >= 11 is 0. The van der Waals surface area contributed by atoms with Crippen molar-refractivity contribution in [3.05, 3.63) is 0 Å². The van der Waals surface area contributed by atoms with Gasteiger partial charge in [0.2, 0.25) is 0 Å². The van der Waals surface area contributed by atoms with E-state index in [2.05, 4.69) is 5.32 Å². The molecule has 2 rings (SSSR count). The topological polar surface area (TPSA) is 58.6 Å². The van der Waals surface area contributed by atoms with Crippen molar-refractivity contribution in [2.24, 2.45) is 0 Å². The van der Waals surface area contributed by atoms with Gasteiger partial charge in [-0.25, -0.2) is 0 Å². The van der Waals surface area contributed by atoms with Crippen molar-refractivity contribution in [1.29, 1.82) is 0 Å². The first-order chi connectivity index (χ1) is 6.20. The van der Waals surface area contributed by atoms with Gasteiger partial charge in [-0.2, -0.15) is 0 Å². The molecule has 0 radical (unpaired) electrons. The molecule has 0 bridgehead atoms. The van der Waals surface area contributed by atoms with Crippen LogP contribution in [0.25, 0.3) is 0 Å². The number of carboxylic acid groups (broad SMARTS) is 1. The van der Waals surface area contributed by atoms with Gasteiger partial charge in [0, 0.05) is 13.1 Å². The van der Waals surface area contributed by atoms with E-state index in [4.69, 9.17) is 9.84 Å². The van der Waals surface area contributed by atoms with Gasteiger partial charge in [-0.05, 0) is 19.3 Å². The van der Waals surface area contributed by atoms with E-state index in [-0.39, 0.29) is 18.1 Å². The lowest BCUT2D eigenvalue weighted by Gasteiger charge is -2.47. The molecule has 4 heteroatoms. The van der Waals surface area contributed by atoms with Gasteiger partial charge in [0.05, 0.1) is 18.1 Å². The molecule has 0 aromatic rings. The average molecular weight is 185 g/mol. The molecule has 4 nitrogen and oxygen atoms in total. The van der Waals surface area contributed by atoms with Gasteiger partial charge in [0.1, 0.15) is 0 Å². The van der Waals surface area contributed by atoms with Gasteiger partial charge in [0.25, 0.3) is 0 Å². The Morgan fingerprint density at radius 3 is 2.92 bits per heavy atom. The van der Waals surface area contributed by atoms with Crippen LogP contribution >= 0.6 is 0 Å². The van der Waals surface area contributed by atoms with Gasteiger partial charge in [-0.1, -0.05) is 0 Å². The summed E-state index contributed by atoms with van der Waals surface area (Å²) in [4.78, 5) is 10.5. The van der Waals surface area contributed by atoms with E-state index in [1.54, 1.807) is 0 Å². The number of ether oxygens (including phenoxy) is 1. The zero-order valence-corrected chi connectivity index (χ0v) is 7.58. The van der Waals surface area contributed by atoms with Crippen molar-refractivity contribution in [1.82, 2.24) is 5.32 Å². The lowest BCUT2D eigenvalue weighted by atomic mass is 9.86. The Hall–Kier alpha value is -0.610. The lowest BCUT2D eigenvalue weighted by molar-refractivity contribution is -0.166. The van der Waals surface area contributed by atoms with E-state index in [0.717, 1.165) is 32.4 Å². The summed E-state index contributed by atoms with van der Waals surface area (Å²) in [5.41, 5.74) is -0.0155. The first-order valence-corrected chi connectivity index (χ1v) is 4.81. The Morgan fingerprint density at radius 1 is 1.62 bits per heavy atom. The molecule has 0 aromatic carbocycles. The van der Waals surface area contributed by atoms with Crippen LogP contribution in [0.15, 0.2) is 0 Å². The maximum Gasteiger partial charge on any atom is 0.305 e. The SMILES string of the molecule is O=C(O)CC1CCCC2(CNC2)O1. The second kappa shape index (κ2) is 3.27. The number of hydrogen-bond acceptors (Lipinski definition) is 3. The van der Waals surface area contributed by atoms with E-state index in [1.807, 2.05) is 0 Å². The van der Waals surface area contributed by atoms with Crippen molar-refractivity contribution in [2.75, 3.05) is 13.1 Å². The maximum absolute atomic E-state index is 10.5. The van der Waals surface area contributed by atoms with Gasteiger partial charge >= 0.3 is 5.97 Å². The van der Waals surface area contributed by atoms with Gasteiger partial charge in [0.15, 0.2) is 0 Å². The van der Waals surface area contributed by atoms with Crippen molar-refractivity contribution in [2.45, 2.75) is 37.4 Å². The third kappa shape index (κ3) is 1.84. The summed E-state index contributed by atoms with van der Waals surface area (Å²) < 4.78 is 5.78. The second-order valence-electron chi connectivity index (χ2n) is 4.02. The van der Waals surface area contributed by atoms with E-state index >= 15 is 0 Å². The maximum atomic E-state index is 10.5. The molecule has 2 aliphatic rings.